The normalized spacial score (nSPS) is 16.8. The third kappa shape index (κ3) is 5.71. The molecule has 2 rings (SSSR count). The van der Waals surface area contributed by atoms with Crippen molar-refractivity contribution in [2.24, 2.45) is 0 Å². The summed E-state index contributed by atoms with van der Waals surface area (Å²) < 4.78 is 5.48. The lowest BCUT2D eigenvalue weighted by Gasteiger charge is -2.38. The molecule has 0 aromatic carbocycles. The highest BCUT2D eigenvalue weighted by Gasteiger charge is 2.34. The van der Waals surface area contributed by atoms with Gasteiger partial charge in [-0.3, -0.25) is 14.7 Å². The summed E-state index contributed by atoms with van der Waals surface area (Å²) in [5, 5.41) is 5.76. The Hall–Kier alpha value is -1.60. The number of carbonyl (C=O) groups is 2. The van der Waals surface area contributed by atoms with E-state index >= 15 is 0 Å². The van der Waals surface area contributed by atoms with E-state index in [1.54, 1.807) is 30.4 Å². The molecule has 6 nitrogen and oxygen atoms in total. The Morgan fingerprint density at radius 1 is 1.23 bits per heavy atom. The minimum absolute atomic E-state index is 0.0753. The molecule has 1 aromatic rings. The van der Waals surface area contributed by atoms with Gasteiger partial charge in [-0.05, 0) is 45.1 Å². The van der Waals surface area contributed by atoms with Crippen molar-refractivity contribution in [2.75, 3.05) is 27.2 Å². The number of ether oxygens (including phenoxy) is 1. The van der Waals surface area contributed by atoms with Gasteiger partial charge < -0.3 is 4.74 Å². The minimum Gasteiger partial charge on any atom is -0.444 e. The third-order valence-corrected chi connectivity index (χ3v) is 5.38. The minimum atomic E-state index is -0.597. The van der Waals surface area contributed by atoms with Crippen molar-refractivity contribution < 1.29 is 14.3 Å². The molecule has 0 saturated carbocycles. The van der Waals surface area contributed by atoms with Gasteiger partial charge in [0.25, 0.3) is 5.91 Å². The molecule has 0 bridgehead atoms. The van der Waals surface area contributed by atoms with Crippen LogP contribution in [0.1, 0.15) is 44.9 Å². The SMILES string of the molecule is CN(C(=O)OC(C)(C)C)[C@H](Cc1cccs1)C(=O)N(C)N1CCCCC1. The van der Waals surface area contributed by atoms with E-state index in [2.05, 4.69) is 5.01 Å². The van der Waals surface area contributed by atoms with Crippen LogP contribution in [-0.4, -0.2) is 65.7 Å². The van der Waals surface area contributed by atoms with Gasteiger partial charge >= 0.3 is 6.09 Å². The number of thiophene rings is 1. The summed E-state index contributed by atoms with van der Waals surface area (Å²) in [5.41, 5.74) is -0.597. The lowest BCUT2D eigenvalue weighted by atomic mass is 10.1. The summed E-state index contributed by atoms with van der Waals surface area (Å²) >= 11 is 1.60. The zero-order chi connectivity index (χ0) is 19.3. The predicted octanol–water partition coefficient (Wildman–Crippen LogP) is 3.39. The molecule has 0 radical (unpaired) electrons. The van der Waals surface area contributed by atoms with Crippen LogP contribution < -0.4 is 0 Å². The second-order valence-corrected chi connectivity index (χ2v) is 8.80. The van der Waals surface area contributed by atoms with Crippen molar-refractivity contribution in [3.05, 3.63) is 22.4 Å². The first-order valence-electron chi connectivity index (χ1n) is 9.19. The van der Waals surface area contributed by atoms with E-state index in [4.69, 9.17) is 4.74 Å². The van der Waals surface area contributed by atoms with Gasteiger partial charge in [0.1, 0.15) is 11.6 Å². The number of likely N-dealkylation sites (N-methyl/N-ethyl adjacent to an activating group) is 2. The number of rotatable bonds is 5. The number of carbonyl (C=O) groups excluding carboxylic acids is 2. The van der Waals surface area contributed by atoms with Crippen LogP contribution in [0.2, 0.25) is 0 Å². The molecule has 1 fully saturated rings. The summed E-state index contributed by atoms with van der Waals surface area (Å²) in [6, 6.07) is 3.37. The average Bonchev–Trinajstić information content (AvgIpc) is 3.10. The fourth-order valence-electron chi connectivity index (χ4n) is 3.00. The Bertz CT molecular complexity index is 592. The van der Waals surface area contributed by atoms with Crippen LogP contribution in [0.4, 0.5) is 4.79 Å². The van der Waals surface area contributed by atoms with Crippen LogP contribution in [0.15, 0.2) is 17.5 Å². The predicted molar refractivity (Wildman–Crippen MR) is 104 cm³/mol. The molecule has 2 amide bonds. The molecule has 1 aliphatic rings. The lowest BCUT2D eigenvalue weighted by molar-refractivity contribution is -0.152. The fourth-order valence-corrected chi connectivity index (χ4v) is 3.75. The van der Waals surface area contributed by atoms with Gasteiger partial charge in [0, 0.05) is 38.5 Å². The Balaban J connectivity index is 2.16. The number of nitrogens with zero attached hydrogens (tertiary/aromatic N) is 3. The number of piperidine rings is 1. The first-order valence-corrected chi connectivity index (χ1v) is 10.1. The van der Waals surface area contributed by atoms with Crippen molar-refractivity contribution in [3.8, 4) is 0 Å². The van der Waals surface area contributed by atoms with E-state index in [9.17, 15) is 9.59 Å². The largest absolute Gasteiger partial charge is 0.444 e. The molecular formula is C19H31N3O3S. The Morgan fingerprint density at radius 2 is 1.88 bits per heavy atom. The monoisotopic (exact) mass is 381 g/mol. The second-order valence-electron chi connectivity index (χ2n) is 7.77. The Morgan fingerprint density at radius 3 is 2.42 bits per heavy atom. The van der Waals surface area contributed by atoms with E-state index in [1.165, 1.54) is 11.3 Å². The molecule has 1 aromatic heterocycles. The van der Waals surface area contributed by atoms with E-state index in [-0.39, 0.29) is 5.91 Å². The second kappa shape index (κ2) is 8.86. The first-order chi connectivity index (χ1) is 12.2. The quantitative estimate of drug-likeness (QED) is 0.785. The molecule has 0 unspecified atom stereocenters. The molecule has 1 saturated heterocycles. The molecule has 146 valence electrons. The number of hydrogen-bond acceptors (Lipinski definition) is 5. The fraction of sp³-hybridized carbons (Fsp3) is 0.684. The van der Waals surface area contributed by atoms with Crippen LogP contribution in [-0.2, 0) is 16.0 Å². The standard InChI is InChI=1S/C19H31N3O3S/c1-19(2,3)25-18(24)20(4)16(14-15-10-9-13-26-15)17(23)21(5)22-11-7-6-8-12-22/h9-10,13,16H,6-8,11-12,14H2,1-5H3/t16-/m1/s1. The Labute approximate surface area is 160 Å². The van der Waals surface area contributed by atoms with Gasteiger partial charge in [0.15, 0.2) is 0 Å². The van der Waals surface area contributed by atoms with E-state index in [1.807, 2.05) is 38.3 Å². The van der Waals surface area contributed by atoms with Gasteiger partial charge in [-0.25, -0.2) is 9.80 Å². The smallest absolute Gasteiger partial charge is 0.410 e. The summed E-state index contributed by atoms with van der Waals surface area (Å²) in [6.45, 7) is 7.24. The van der Waals surface area contributed by atoms with Crippen molar-refractivity contribution in [1.82, 2.24) is 14.9 Å². The van der Waals surface area contributed by atoms with E-state index in [0.29, 0.717) is 6.42 Å². The molecule has 0 aliphatic carbocycles. The summed E-state index contributed by atoms with van der Waals surface area (Å²) in [7, 11) is 3.45. The maximum Gasteiger partial charge on any atom is 0.410 e. The van der Waals surface area contributed by atoms with Gasteiger partial charge in [0.05, 0.1) is 0 Å². The van der Waals surface area contributed by atoms with Crippen molar-refractivity contribution in [1.29, 1.82) is 0 Å². The van der Waals surface area contributed by atoms with Crippen molar-refractivity contribution in [3.63, 3.8) is 0 Å². The molecule has 26 heavy (non-hydrogen) atoms. The first kappa shape index (κ1) is 20.7. The summed E-state index contributed by atoms with van der Waals surface area (Å²) in [5.74, 6) is -0.0753. The molecule has 1 atom stereocenters. The van der Waals surface area contributed by atoms with Gasteiger partial charge in [0.2, 0.25) is 0 Å². The lowest BCUT2D eigenvalue weighted by Crippen LogP contribution is -2.55. The van der Waals surface area contributed by atoms with Crippen LogP contribution in [0.5, 0.6) is 0 Å². The number of hydrogen-bond donors (Lipinski definition) is 0. The number of amides is 2. The van der Waals surface area contributed by atoms with Crippen LogP contribution >= 0.6 is 11.3 Å². The highest BCUT2D eigenvalue weighted by molar-refractivity contribution is 7.09. The average molecular weight is 382 g/mol. The zero-order valence-electron chi connectivity index (χ0n) is 16.5. The molecular weight excluding hydrogens is 350 g/mol. The van der Waals surface area contributed by atoms with E-state index < -0.39 is 17.7 Å². The molecule has 1 aliphatic heterocycles. The number of hydrazine groups is 1. The highest BCUT2D eigenvalue weighted by atomic mass is 32.1. The zero-order valence-corrected chi connectivity index (χ0v) is 17.3. The van der Waals surface area contributed by atoms with Gasteiger partial charge in [-0.1, -0.05) is 12.5 Å². The van der Waals surface area contributed by atoms with Crippen LogP contribution in [0.3, 0.4) is 0 Å². The molecule has 2 heterocycles. The van der Waals surface area contributed by atoms with Gasteiger partial charge in [-0.2, -0.15) is 0 Å². The molecule has 0 spiro atoms. The van der Waals surface area contributed by atoms with Crippen molar-refractivity contribution >= 4 is 23.3 Å². The van der Waals surface area contributed by atoms with Crippen LogP contribution in [0, 0.1) is 0 Å². The topological polar surface area (TPSA) is 53.1 Å². The van der Waals surface area contributed by atoms with Crippen LogP contribution in [0.25, 0.3) is 0 Å². The third-order valence-electron chi connectivity index (χ3n) is 4.48. The highest BCUT2D eigenvalue weighted by Crippen LogP contribution is 2.19. The maximum atomic E-state index is 13.2. The Kier molecular flexibility index (Phi) is 7.06. The maximum absolute atomic E-state index is 13.2. The van der Waals surface area contributed by atoms with E-state index in [0.717, 1.165) is 30.8 Å². The molecule has 0 N–H and O–H groups in total. The summed E-state index contributed by atoms with van der Waals surface area (Å²) in [4.78, 5) is 28.3. The van der Waals surface area contributed by atoms with Gasteiger partial charge in [-0.15, -0.1) is 11.3 Å². The van der Waals surface area contributed by atoms with Crippen molar-refractivity contribution in [2.45, 2.75) is 58.1 Å². The molecule has 7 heteroatoms. The summed E-state index contributed by atoms with van der Waals surface area (Å²) in [6.07, 6.45) is 3.41.